The van der Waals surface area contributed by atoms with Gasteiger partial charge in [0.15, 0.2) is 0 Å². The molecule has 4 heteroatoms. The molecular formula is C16H20Cl2NV-. The maximum atomic E-state index is 3.91. The Hall–Kier alpha value is -0.336. The van der Waals surface area contributed by atoms with Crippen molar-refractivity contribution in [2.24, 2.45) is 9.21 Å². The molecule has 0 unspecified atom stereocenters. The van der Waals surface area contributed by atoms with E-state index in [4.69, 9.17) is 0 Å². The molecule has 0 amide bonds. The third kappa shape index (κ3) is 5.97. The van der Waals surface area contributed by atoms with E-state index in [1.807, 2.05) is 30.3 Å². The zero-order valence-electron chi connectivity index (χ0n) is 12.5. The number of rotatable bonds is 1. The van der Waals surface area contributed by atoms with E-state index in [1.165, 1.54) is 16.7 Å². The topological polar surface area (TPSA) is 12.4 Å². The minimum atomic E-state index is 0. The molecular weight excluding hydrogens is 328 g/mol. The first-order valence-corrected chi connectivity index (χ1v) is 6.71. The predicted molar refractivity (Wildman–Crippen MR) is 73.1 cm³/mol. The van der Waals surface area contributed by atoms with Crippen molar-refractivity contribution in [2.75, 3.05) is 0 Å². The van der Waals surface area contributed by atoms with Gasteiger partial charge in [-0.15, -0.1) is 6.92 Å². The van der Waals surface area contributed by atoms with Crippen LogP contribution in [0, 0.1) is 11.5 Å². The number of allylic oxidation sites excluding steroid dienone is 4. The number of benzene rings is 1. The Morgan fingerprint density at radius 3 is 1.70 bits per heavy atom. The molecule has 1 nitrogen and oxygen atoms in total. The van der Waals surface area contributed by atoms with Gasteiger partial charge in [-0.2, -0.15) is 11.1 Å². The summed E-state index contributed by atoms with van der Waals surface area (Å²) < 4.78 is 3.91. The summed E-state index contributed by atoms with van der Waals surface area (Å²) in [6, 6.07) is 9.82. The number of nitrogens with zero attached hydrogens (tertiary/aromatic N) is 1. The van der Waals surface area contributed by atoms with Gasteiger partial charge in [0.25, 0.3) is 0 Å². The zero-order valence-corrected chi connectivity index (χ0v) is 15.4. The van der Waals surface area contributed by atoms with Crippen molar-refractivity contribution in [1.29, 1.82) is 0 Å². The third-order valence-electron chi connectivity index (χ3n) is 3.43. The molecule has 1 aliphatic rings. The molecule has 0 atom stereocenters. The fraction of sp³-hybridized carbons (Fsp3) is 0.375. The van der Waals surface area contributed by atoms with Crippen LogP contribution >= 0.6 is 0 Å². The van der Waals surface area contributed by atoms with Gasteiger partial charge in [-0.3, -0.25) is 6.08 Å². The quantitative estimate of drug-likeness (QED) is 0.588. The van der Waals surface area contributed by atoms with E-state index in [1.54, 1.807) is 0 Å². The van der Waals surface area contributed by atoms with E-state index in [0.717, 1.165) is 5.69 Å². The van der Waals surface area contributed by atoms with Crippen molar-refractivity contribution < 1.29 is 42.0 Å². The Kier molecular flexibility index (Phi) is 10.5. The summed E-state index contributed by atoms with van der Waals surface area (Å²) >= 11 is 2.19. The standard InChI is InChI=1S/C10H15.C6H5N.2ClH.V/c1-7-6-10(4,5)9(3)8(7)2;7-6-4-2-1-3-5-6;;;/h1-5H3;1-5H;2*1H;/q-1;;;;+2/p-2. The van der Waals surface area contributed by atoms with Crippen molar-refractivity contribution in [2.45, 2.75) is 34.6 Å². The fourth-order valence-corrected chi connectivity index (χ4v) is 2.11. The van der Waals surface area contributed by atoms with E-state index < -0.39 is 0 Å². The number of halogens is 2. The predicted octanol–water partition coefficient (Wildman–Crippen LogP) is -0.831. The van der Waals surface area contributed by atoms with Crippen molar-refractivity contribution >= 4 is 5.69 Å². The van der Waals surface area contributed by atoms with Gasteiger partial charge in [0, 0.05) is 0 Å². The fourth-order valence-electron chi connectivity index (χ4n) is 1.90. The van der Waals surface area contributed by atoms with E-state index in [-0.39, 0.29) is 30.2 Å². The molecule has 0 bridgehead atoms. The van der Waals surface area contributed by atoms with Crippen LogP contribution in [-0.4, -0.2) is 0 Å². The molecule has 1 aromatic carbocycles. The average molecular weight is 348 g/mol. The molecule has 0 saturated heterocycles. The van der Waals surface area contributed by atoms with Crippen LogP contribution in [-0.2, 0) is 17.2 Å². The molecule has 1 aromatic rings. The Morgan fingerprint density at radius 1 is 1.00 bits per heavy atom. The Balaban J connectivity index is 0. The maximum absolute atomic E-state index is 3.91. The van der Waals surface area contributed by atoms with Crippen LogP contribution in [0.3, 0.4) is 0 Å². The van der Waals surface area contributed by atoms with Crippen LogP contribution in [0.2, 0.25) is 0 Å². The first kappa shape index (κ1) is 22.0. The second-order valence-corrected chi connectivity index (χ2v) is 5.37. The molecule has 2 rings (SSSR count). The van der Waals surface area contributed by atoms with Crippen LogP contribution < -0.4 is 24.8 Å². The van der Waals surface area contributed by atoms with Gasteiger partial charge in [0.1, 0.15) is 0 Å². The second-order valence-electron chi connectivity index (χ2n) is 5.06. The first-order valence-electron chi connectivity index (χ1n) is 6.08. The van der Waals surface area contributed by atoms with Gasteiger partial charge in [-0.05, 0) is 0 Å². The molecule has 0 aromatic heterocycles. The summed E-state index contributed by atoms with van der Waals surface area (Å²) in [4.78, 5) is 0. The van der Waals surface area contributed by atoms with Crippen molar-refractivity contribution in [3.63, 3.8) is 0 Å². The molecule has 0 fully saturated rings. The molecule has 0 heterocycles. The number of hydrogen-bond donors (Lipinski definition) is 0. The molecule has 1 aliphatic carbocycles. The van der Waals surface area contributed by atoms with Crippen molar-refractivity contribution in [3.8, 4) is 0 Å². The van der Waals surface area contributed by atoms with Crippen LogP contribution in [0.5, 0.6) is 0 Å². The SMILES string of the molecule is CC1=[C-]C(C)(C)C(C)=C1C.[Cl-].[Cl-].[V+2]=[N]c1ccccc1. The number of hydrogen-bond acceptors (Lipinski definition) is 1. The zero-order chi connectivity index (χ0) is 13.8. The van der Waals surface area contributed by atoms with Gasteiger partial charge in [-0.25, -0.2) is 5.57 Å². The normalized spacial score (nSPS) is 15.2. The molecule has 20 heavy (non-hydrogen) atoms. The van der Waals surface area contributed by atoms with Gasteiger partial charge in [0.05, 0.1) is 0 Å². The summed E-state index contributed by atoms with van der Waals surface area (Å²) in [5.74, 6) is 0. The molecule has 0 N–H and O–H groups in total. The van der Waals surface area contributed by atoms with Crippen molar-refractivity contribution in [1.82, 2.24) is 0 Å². The molecule has 0 radical (unpaired) electrons. The molecule has 0 saturated carbocycles. The third-order valence-corrected chi connectivity index (χ3v) is 3.79. The summed E-state index contributed by atoms with van der Waals surface area (Å²) in [7, 11) is 0. The van der Waals surface area contributed by atoms with E-state index in [9.17, 15) is 0 Å². The van der Waals surface area contributed by atoms with Crippen molar-refractivity contribution in [3.05, 3.63) is 53.1 Å². The van der Waals surface area contributed by atoms with E-state index in [0.29, 0.717) is 0 Å². The van der Waals surface area contributed by atoms with Gasteiger partial charge >= 0.3 is 57.0 Å². The molecule has 109 valence electrons. The summed E-state index contributed by atoms with van der Waals surface area (Å²) in [6.45, 7) is 10.9. The first-order chi connectivity index (χ1) is 8.38. The monoisotopic (exact) mass is 347 g/mol. The van der Waals surface area contributed by atoms with Crippen LogP contribution in [0.25, 0.3) is 0 Å². The minimum absolute atomic E-state index is 0. The van der Waals surface area contributed by atoms with E-state index in [2.05, 4.69) is 61.7 Å². The van der Waals surface area contributed by atoms with Crippen LogP contribution in [0.1, 0.15) is 34.6 Å². The summed E-state index contributed by atoms with van der Waals surface area (Å²) in [5.41, 5.74) is 5.40. The Labute approximate surface area is 144 Å². The van der Waals surface area contributed by atoms with Crippen LogP contribution in [0.15, 0.2) is 50.8 Å². The molecule has 0 spiro atoms. The Morgan fingerprint density at radius 2 is 1.50 bits per heavy atom. The molecule has 0 aliphatic heterocycles. The van der Waals surface area contributed by atoms with Gasteiger partial charge in [0.2, 0.25) is 0 Å². The van der Waals surface area contributed by atoms with Gasteiger partial charge < -0.3 is 24.8 Å². The van der Waals surface area contributed by atoms with Gasteiger partial charge in [-0.1, -0.05) is 33.1 Å². The summed E-state index contributed by atoms with van der Waals surface area (Å²) in [5, 5.41) is 0. The van der Waals surface area contributed by atoms with E-state index >= 15 is 0 Å². The second kappa shape index (κ2) is 9.57. The summed E-state index contributed by atoms with van der Waals surface area (Å²) in [6.07, 6.45) is 3.44. The Bertz CT molecular complexity index is 490. The average Bonchev–Trinajstić information content (AvgIpc) is 2.54. The van der Waals surface area contributed by atoms with Crippen LogP contribution in [0.4, 0.5) is 5.69 Å².